The zero-order valence-corrected chi connectivity index (χ0v) is 13.7. The van der Waals surface area contributed by atoms with Crippen LogP contribution in [0.1, 0.15) is 43.9 Å². The van der Waals surface area contributed by atoms with Crippen molar-refractivity contribution in [3.63, 3.8) is 0 Å². The Balaban J connectivity index is 1.43. The van der Waals surface area contributed by atoms with Crippen molar-refractivity contribution in [1.82, 2.24) is 20.2 Å². The largest absolute Gasteiger partial charge is 0.494 e. The van der Waals surface area contributed by atoms with Crippen LogP contribution in [0.4, 0.5) is 0 Å². The van der Waals surface area contributed by atoms with Gasteiger partial charge in [0.25, 0.3) is 0 Å². The molecule has 0 bridgehead atoms. The van der Waals surface area contributed by atoms with Gasteiger partial charge in [-0.25, -0.2) is 4.98 Å². The molecule has 1 fully saturated rings. The number of aromatic nitrogens is 4. The van der Waals surface area contributed by atoms with Gasteiger partial charge >= 0.3 is 0 Å². The maximum Gasteiger partial charge on any atom is 0.226 e. The van der Waals surface area contributed by atoms with E-state index in [4.69, 9.17) is 9.15 Å². The molecule has 2 aromatic heterocycles. The van der Waals surface area contributed by atoms with Crippen LogP contribution in [0.25, 0.3) is 11.0 Å². The smallest absolute Gasteiger partial charge is 0.226 e. The molecule has 3 aromatic rings. The van der Waals surface area contributed by atoms with Crippen molar-refractivity contribution in [2.75, 3.05) is 6.61 Å². The third kappa shape index (κ3) is 3.06. The fourth-order valence-corrected chi connectivity index (χ4v) is 3.29. The third-order valence-corrected chi connectivity index (χ3v) is 4.87. The van der Waals surface area contributed by atoms with Gasteiger partial charge in [-0.15, -0.1) is 10.2 Å². The lowest BCUT2D eigenvalue weighted by atomic mass is 9.85. The minimum atomic E-state index is 0.476. The average Bonchev–Trinajstić information content (AvgIpc) is 3.10. The van der Waals surface area contributed by atoms with E-state index in [0.29, 0.717) is 24.2 Å². The van der Waals surface area contributed by atoms with Crippen LogP contribution < -0.4 is 4.74 Å². The first-order valence-corrected chi connectivity index (χ1v) is 8.88. The van der Waals surface area contributed by atoms with E-state index in [1.54, 1.807) is 11.8 Å². The van der Waals surface area contributed by atoms with Crippen molar-refractivity contribution in [3.05, 3.63) is 30.0 Å². The van der Waals surface area contributed by atoms with Crippen molar-refractivity contribution < 1.29 is 9.15 Å². The SMILES string of the molecule is CCOc1ccc2nc(SCc3nnc(C4CCC4)o3)[nH]c2c1. The van der Waals surface area contributed by atoms with Gasteiger partial charge in [-0.05, 0) is 31.9 Å². The number of aromatic amines is 1. The monoisotopic (exact) mass is 330 g/mol. The van der Waals surface area contributed by atoms with E-state index in [1.165, 1.54) is 19.3 Å². The average molecular weight is 330 g/mol. The highest BCUT2D eigenvalue weighted by molar-refractivity contribution is 7.98. The minimum absolute atomic E-state index is 0.476. The van der Waals surface area contributed by atoms with Gasteiger partial charge in [0.05, 0.1) is 23.4 Å². The molecule has 7 heteroatoms. The Bertz CT molecular complexity index is 809. The first-order valence-electron chi connectivity index (χ1n) is 7.89. The summed E-state index contributed by atoms with van der Waals surface area (Å²) >= 11 is 1.57. The van der Waals surface area contributed by atoms with E-state index in [-0.39, 0.29) is 0 Å². The fraction of sp³-hybridized carbons (Fsp3) is 0.438. The number of hydrogen-bond acceptors (Lipinski definition) is 6. The molecule has 23 heavy (non-hydrogen) atoms. The van der Waals surface area contributed by atoms with E-state index in [0.717, 1.165) is 27.8 Å². The van der Waals surface area contributed by atoms with Gasteiger partial charge in [0.1, 0.15) is 5.75 Å². The van der Waals surface area contributed by atoms with E-state index in [2.05, 4.69) is 20.2 Å². The molecule has 1 aliphatic carbocycles. The van der Waals surface area contributed by atoms with Crippen molar-refractivity contribution >= 4 is 22.8 Å². The van der Waals surface area contributed by atoms with Gasteiger partial charge in [0.2, 0.25) is 11.8 Å². The van der Waals surface area contributed by atoms with E-state index in [9.17, 15) is 0 Å². The van der Waals surface area contributed by atoms with Crippen LogP contribution in [0.15, 0.2) is 27.8 Å². The number of imidazole rings is 1. The first kappa shape index (κ1) is 14.6. The van der Waals surface area contributed by atoms with Gasteiger partial charge in [-0.1, -0.05) is 18.2 Å². The number of fused-ring (bicyclic) bond motifs is 1. The summed E-state index contributed by atoms with van der Waals surface area (Å²) in [6.07, 6.45) is 3.60. The predicted octanol–water partition coefficient (Wildman–Crippen LogP) is 3.90. The van der Waals surface area contributed by atoms with Crippen LogP contribution in [0.3, 0.4) is 0 Å². The zero-order chi connectivity index (χ0) is 15.6. The fourth-order valence-electron chi connectivity index (χ4n) is 2.57. The van der Waals surface area contributed by atoms with E-state index < -0.39 is 0 Å². The Morgan fingerprint density at radius 3 is 3.04 bits per heavy atom. The maximum absolute atomic E-state index is 5.73. The molecule has 120 valence electrons. The Kier molecular flexibility index (Phi) is 3.95. The zero-order valence-electron chi connectivity index (χ0n) is 12.9. The molecule has 1 N–H and O–H groups in total. The molecule has 0 amide bonds. The molecule has 0 atom stereocenters. The third-order valence-electron chi connectivity index (χ3n) is 4.01. The minimum Gasteiger partial charge on any atom is -0.494 e. The van der Waals surface area contributed by atoms with Gasteiger partial charge in [-0.3, -0.25) is 0 Å². The Hall–Kier alpha value is -2.02. The molecule has 1 aromatic carbocycles. The van der Waals surface area contributed by atoms with Gasteiger partial charge in [0, 0.05) is 12.0 Å². The highest BCUT2D eigenvalue weighted by Crippen LogP contribution is 2.35. The van der Waals surface area contributed by atoms with Crippen LogP contribution in [0.2, 0.25) is 0 Å². The standard InChI is InChI=1S/C16H18N4O2S/c1-2-21-11-6-7-12-13(8-11)18-16(17-12)23-9-14-19-20-15(22-14)10-4-3-5-10/h6-8,10H,2-5,9H2,1H3,(H,17,18). The molecule has 4 rings (SSSR count). The van der Waals surface area contributed by atoms with E-state index >= 15 is 0 Å². The maximum atomic E-state index is 5.73. The summed E-state index contributed by atoms with van der Waals surface area (Å²) in [5.74, 6) is 3.40. The second kappa shape index (κ2) is 6.23. The normalized spacial score (nSPS) is 15.0. The number of thioether (sulfide) groups is 1. The summed E-state index contributed by atoms with van der Waals surface area (Å²) in [6, 6.07) is 5.86. The summed E-state index contributed by atoms with van der Waals surface area (Å²) in [5, 5.41) is 9.12. The van der Waals surface area contributed by atoms with E-state index in [1.807, 2.05) is 25.1 Å². The van der Waals surface area contributed by atoms with Crippen molar-refractivity contribution in [2.45, 2.75) is 43.0 Å². The van der Waals surface area contributed by atoms with Crippen molar-refractivity contribution in [2.24, 2.45) is 0 Å². The molecule has 1 aliphatic rings. The Morgan fingerprint density at radius 1 is 1.35 bits per heavy atom. The lowest BCUT2D eigenvalue weighted by molar-refractivity contribution is 0.328. The highest BCUT2D eigenvalue weighted by Gasteiger charge is 2.25. The molecule has 0 aliphatic heterocycles. The summed E-state index contributed by atoms with van der Waals surface area (Å²) in [5.41, 5.74) is 1.90. The molecule has 0 radical (unpaired) electrons. The number of benzene rings is 1. The van der Waals surface area contributed by atoms with Crippen LogP contribution in [0.5, 0.6) is 5.75 Å². The van der Waals surface area contributed by atoms with Crippen LogP contribution in [-0.2, 0) is 5.75 Å². The van der Waals surface area contributed by atoms with Crippen molar-refractivity contribution in [1.29, 1.82) is 0 Å². The summed E-state index contributed by atoms with van der Waals surface area (Å²) in [4.78, 5) is 7.86. The number of hydrogen-bond donors (Lipinski definition) is 1. The van der Waals surface area contributed by atoms with Gasteiger partial charge in [0.15, 0.2) is 5.16 Å². The first-order chi connectivity index (χ1) is 11.3. The second-order valence-electron chi connectivity index (χ2n) is 5.60. The summed E-state index contributed by atoms with van der Waals surface area (Å²) in [6.45, 7) is 2.63. The molecule has 0 saturated heterocycles. The van der Waals surface area contributed by atoms with Gasteiger partial charge < -0.3 is 14.1 Å². The highest BCUT2D eigenvalue weighted by atomic mass is 32.2. The van der Waals surface area contributed by atoms with Crippen molar-refractivity contribution in [3.8, 4) is 5.75 Å². The molecule has 0 spiro atoms. The van der Waals surface area contributed by atoms with Gasteiger partial charge in [-0.2, -0.15) is 0 Å². The Morgan fingerprint density at radius 2 is 2.26 bits per heavy atom. The second-order valence-corrected chi connectivity index (χ2v) is 6.57. The van der Waals surface area contributed by atoms with Crippen LogP contribution in [-0.4, -0.2) is 26.8 Å². The lowest BCUT2D eigenvalue weighted by Crippen LogP contribution is -2.08. The molecule has 1 saturated carbocycles. The number of nitrogens with zero attached hydrogens (tertiary/aromatic N) is 3. The van der Waals surface area contributed by atoms with Crippen LogP contribution >= 0.6 is 11.8 Å². The topological polar surface area (TPSA) is 76.8 Å². The van der Waals surface area contributed by atoms with Crippen LogP contribution in [0, 0.1) is 0 Å². The molecule has 2 heterocycles. The molecular formula is C16H18N4O2S. The summed E-state index contributed by atoms with van der Waals surface area (Å²) in [7, 11) is 0. The number of nitrogens with one attached hydrogen (secondary N) is 1. The number of rotatable bonds is 6. The molecule has 6 nitrogen and oxygen atoms in total. The Labute approximate surface area is 138 Å². The predicted molar refractivity (Wildman–Crippen MR) is 87.7 cm³/mol. The lowest BCUT2D eigenvalue weighted by Gasteiger charge is -2.20. The molecule has 0 unspecified atom stereocenters. The molecular weight excluding hydrogens is 312 g/mol. The number of H-pyrrole nitrogens is 1. The summed E-state index contributed by atoms with van der Waals surface area (Å²) < 4.78 is 11.2. The quantitative estimate of drug-likeness (QED) is 0.691. The number of ether oxygens (including phenoxy) is 1.